The van der Waals surface area contributed by atoms with Crippen LogP contribution < -0.4 is 4.74 Å². The molecule has 2 aromatic carbocycles. The number of methoxy groups -OCH3 is 1. The lowest BCUT2D eigenvalue weighted by atomic mass is 10.1. The fourth-order valence-corrected chi connectivity index (χ4v) is 3.61. The normalized spacial score (nSPS) is 13.3. The van der Waals surface area contributed by atoms with Gasteiger partial charge in [0.2, 0.25) is 0 Å². The minimum Gasteiger partial charge on any atom is -0.496 e. The van der Waals surface area contributed by atoms with Crippen molar-refractivity contribution in [2.24, 2.45) is 0 Å². The second-order valence-electron chi connectivity index (χ2n) is 7.45. The van der Waals surface area contributed by atoms with E-state index in [0.717, 1.165) is 35.4 Å². The molecule has 1 heterocycles. The number of hydrogen-bond acceptors (Lipinski definition) is 2. The van der Waals surface area contributed by atoms with Gasteiger partial charge in [0.1, 0.15) is 17.3 Å². The van der Waals surface area contributed by atoms with Gasteiger partial charge in [0.15, 0.2) is 0 Å². The molecule has 0 spiro atoms. The summed E-state index contributed by atoms with van der Waals surface area (Å²) in [6.07, 6.45) is 4.89. The van der Waals surface area contributed by atoms with Crippen LogP contribution in [0.2, 0.25) is 0 Å². The summed E-state index contributed by atoms with van der Waals surface area (Å²) in [6, 6.07) is 18.5. The molecule has 1 aliphatic rings. The molecule has 3 aromatic rings. The third kappa shape index (κ3) is 4.50. The van der Waals surface area contributed by atoms with Crippen LogP contribution >= 0.6 is 0 Å². The zero-order valence-corrected chi connectivity index (χ0v) is 16.6. The molecule has 0 unspecified atom stereocenters. The van der Waals surface area contributed by atoms with Crippen LogP contribution in [0.3, 0.4) is 0 Å². The van der Waals surface area contributed by atoms with Gasteiger partial charge in [-0.05, 0) is 55.2 Å². The Morgan fingerprint density at radius 3 is 2.59 bits per heavy atom. The molecular weight excluding hydrogens is 367 g/mol. The molecule has 1 fully saturated rings. The van der Waals surface area contributed by atoms with Gasteiger partial charge in [-0.1, -0.05) is 30.3 Å². The molecule has 5 heteroatoms. The molecular formula is C24H25FN2O2. The van der Waals surface area contributed by atoms with E-state index < -0.39 is 0 Å². The van der Waals surface area contributed by atoms with E-state index in [0.29, 0.717) is 25.6 Å². The number of nitrogens with zero attached hydrogens (tertiary/aromatic N) is 2. The molecule has 1 amide bonds. The fraction of sp³-hybridized carbons (Fsp3) is 0.292. The van der Waals surface area contributed by atoms with Crippen molar-refractivity contribution in [3.8, 4) is 5.75 Å². The molecule has 0 radical (unpaired) electrons. The van der Waals surface area contributed by atoms with E-state index in [-0.39, 0.29) is 11.7 Å². The van der Waals surface area contributed by atoms with Crippen molar-refractivity contribution in [3.63, 3.8) is 0 Å². The number of carbonyl (C=O) groups is 1. The number of hydrogen-bond donors (Lipinski definition) is 0. The van der Waals surface area contributed by atoms with Crippen molar-refractivity contribution in [2.75, 3.05) is 13.7 Å². The Hall–Kier alpha value is -3.08. The Balaban J connectivity index is 1.57. The molecule has 4 rings (SSSR count). The maximum absolute atomic E-state index is 13.4. The van der Waals surface area contributed by atoms with E-state index in [1.807, 2.05) is 47.5 Å². The highest BCUT2D eigenvalue weighted by Gasteiger charge is 2.28. The second-order valence-corrected chi connectivity index (χ2v) is 7.45. The van der Waals surface area contributed by atoms with Gasteiger partial charge in [-0.25, -0.2) is 4.39 Å². The number of ether oxygens (including phenoxy) is 1. The summed E-state index contributed by atoms with van der Waals surface area (Å²) in [7, 11) is 1.64. The molecule has 1 saturated carbocycles. The minimum absolute atomic E-state index is 0.00918. The zero-order valence-electron chi connectivity index (χ0n) is 16.6. The molecule has 1 aromatic heterocycles. The van der Waals surface area contributed by atoms with Crippen molar-refractivity contribution in [1.82, 2.24) is 9.47 Å². The molecule has 1 aliphatic carbocycles. The number of rotatable bonds is 8. The topological polar surface area (TPSA) is 34.5 Å². The Kier molecular flexibility index (Phi) is 5.65. The van der Waals surface area contributed by atoms with Gasteiger partial charge in [-0.15, -0.1) is 0 Å². The first-order valence-electron chi connectivity index (χ1n) is 9.98. The summed E-state index contributed by atoms with van der Waals surface area (Å²) < 4.78 is 20.8. The number of amides is 1. The smallest absolute Gasteiger partial charge is 0.270 e. The highest BCUT2D eigenvalue weighted by molar-refractivity contribution is 5.93. The summed E-state index contributed by atoms with van der Waals surface area (Å²) in [6.45, 7) is 0.998. The number of aromatic nitrogens is 1. The van der Waals surface area contributed by atoms with Crippen LogP contribution in [0, 0.1) is 5.82 Å². The standard InChI is InChI=1S/C24H25FN2O2/c1-29-23-7-3-2-5-19(23)17-26(16-14-18-8-10-20(25)11-9-18)24(28)22-6-4-15-27(22)21-12-13-21/h2-11,15,21H,12-14,16-17H2,1H3. The van der Waals surface area contributed by atoms with E-state index in [9.17, 15) is 9.18 Å². The van der Waals surface area contributed by atoms with E-state index in [1.165, 1.54) is 12.1 Å². The summed E-state index contributed by atoms with van der Waals surface area (Å²) in [5.41, 5.74) is 2.69. The highest BCUT2D eigenvalue weighted by atomic mass is 19.1. The third-order valence-electron chi connectivity index (χ3n) is 5.36. The van der Waals surface area contributed by atoms with Gasteiger partial charge in [0.25, 0.3) is 5.91 Å². The van der Waals surface area contributed by atoms with E-state index in [2.05, 4.69) is 4.57 Å². The molecule has 0 aliphatic heterocycles. The van der Waals surface area contributed by atoms with Crippen LogP contribution in [0.1, 0.15) is 40.5 Å². The van der Waals surface area contributed by atoms with E-state index in [1.54, 1.807) is 19.2 Å². The highest BCUT2D eigenvalue weighted by Crippen LogP contribution is 2.36. The molecule has 150 valence electrons. The molecule has 29 heavy (non-hydrogen) atoms. The lowest BCUT2D eigenvalue weighted by Crippen LogP contribution is -2.34. The fourth-order valence-electron chi connectivity index (χ4n) is 3.61. The lowest BCUT2D eigenvalue weighted by Gasteiger charge is -2.24. The quantitative estimate of drug-likeness (QED) is 0.549. The van der Waals surface area contributed by atoms with Crippen LogP contribution in [-0.2, 0) is 13.0 Å². The van der Waals surface area contributed by atoms with Crippen molar-refractivity contribution in [1.29, 1.82) is 0 Å². The van der Waals surface area contributed by atoms with Crippen molar-refractivity contribution < 1.29 is 13.9 Å². The first-order valence-corrected chi connectivity index (χ1v) is 9.98. The van der Waals surface area contributed by atoms with Gasteiger partial charge in [-0.2, -0.15) is 0 Å². The molecule has 0 atom stereocenters. The predicted octanol–water partition coefficient (Wildman–Crippen LogP) is 4.86. The number of halogens is 1. The number of para-hydroxylation sites is 1. The van der Waals surface area contributed by atoms with E-state index in [4.69, 9.17) is 4.74 Å². The van der Waals surface area contributed by atoms with Gasteiger partial charge in [-0.3, -0.25) is 4.79 Å². The van der Waals surface area contributed by atoms with Gasteiger partial charge in [0, 0.05) is 30.9 Å². The summed E-state index contributed by atoms with van der Waals surface area (Å²) in [4.78, 5) is 15.3. The first-order chi connectivity index (χ1) is 14.2. The number of carbonyl (C=O) groups excluding carboxylic acids is 1. The Bertz CT molecular complexity index is 977. The molecule has 0 N–H and O–H groups in total. The van der Waals surface area contributed by atoms with Gasteiger partial charge < -0.3 is 14.2 Å². The van der Waals surface area contributed by atoms with Crippen molar-refractivity contribution in [2.45, 2.75) is 31.8 Å². The number of benzene rings is 2. The third-order valence-corrected chi connectivity index (χ3v) is 5.36. The Labute approximate surface area is 170 Å². The van der Waals surface area contributed by atoms with Crippen molar-refractivity contribution >= 4 is 5.91 Å². The van der Waals surface area contributed by atoms with Gasteiger partial charge in [0.05, 0.1) is 7.11 Å². The van der Waals surface area contributed by atoms with Gasteiger partial charge >= 0.3 is 0 Å². The van der Waals surface area contributed by atoms with Crippen LogP contribution in [0.4, 0.5) is 4.39 Å². The second kappa shape index (κ2) is 8.52. The average molecular weight is 392 g/mol. The molecule has 0 bridgehead atoms. The lowest BCUT2D eigenvalue weighted by molar-refractivity contribution is 0.0733. The van der Waals surface area contributed by atoms with Crippen LogP contribution in [0.15, 0.2) is 66.9 Å². The maximum atomic E-state index is 13.4. The van der Waals surface area contributed by atoms with Crippen LogP contribution in [0.5, 0.6) is 5.75 Å². The van der Waals surface area contributed by atoms with Crippen molar-refractivity contribution in [3.05, 3.63) is 89.5 Å². The predicted molar refractivity (Wildman–Crippen MR) is 111 cm³/mol. The monoisotopic (exact) mass is 392 g/mol. The SMILES string of the molecule is COc1ccccc1CN(CCc1ccc(F)cc1)C(=O)c1cccn1C1CC1. The Morgan fingerprint density at radius 1 is 1.10 bits per heavy atom. The average Bonchev–Trinajstić information content (AvgIpc) is 3.48. The zero-order chi connectivity index (χ0) is 20.2. The summed E-state index contributed by atoms with van der Waals surface area (Å²) in [5, 5.41) is 0. The van der Waals surface area contributed by atoms with Crippen LogP contribution in [0.25, 0.3) is 0 Å². The molecule has 4 nitrogen and oxygen atoms in total. The molecule has 0 saturated heterocycles. The largest absolute Gasteiger partial charge is 0.496 e. The van der Waals surface area contributed by atoms with Crippen LogP contribution in [-0.4, -0.2) is 29.0 Å². The maximum Gasteiger partial charge on any atom is 0.270 e. The summed E-state index contributed by atoms with van der Waals surface area (Å²) in [5.74, 6) is 0.526. The first kappa shape index (κ1) is 19.2. The van der Waals surface area contributed by atoms with E-state index >= 15 is 0 Å². The Morgan fingerprint density at radius 2 is 1.86 bits per heavy atom. The summed E-state index contributed by atoms with van der Waals surface area (Å²) >= 11 is 0. The minimum atomic E-state index is -0.252.